The Morgan fingerprint density at radius 1 is 1.14 bits per heavy atom. The zero-order valence-electron chi connectivity index (χ0n) is 15.9. The fraction of sp³-hybridized carbons (Fsp3) is 0.300. The lowest BCUT2D eigenvalue weighted by Gasteiger charge is -2.15. The fourth-order valence-corrected chi connectivity index (χ4v) is 3.84. The number of hydrogen-bond donors (Lipinski definition) is 0. The summed E-state index contributed by atoms with van der Waals surface area (Å²) in [5, 5.41) is 20.1. The Morgan fingerprint density at radius 3 is 2.57 bits per heavy atom. The molecule has 3 aromatic rings. The Morgan fingerprint density at radius 2 is 1.89 bits per heavy atom. The van der Waals surface area contributed by atoms with Crippen LogP contribution in [0.25, 0.3) is 11.4 Å². The van der Waals surface area contributed by atoms with Gasteiger partial charge < -0.3 is 4.57 Å². The summed E-state index contributed by atoms with van der Waals surface area (Å²) in [4.78, 5) is 10.6. The second-order valence-electron chi connectivity index (χ2n) is 6.90. The van der Waals surface area contributed by atoms with E-state index < -0.39 is 4.92 Å². The summed E-state index contributed by atoms with van der Waals surface area (Å²) in [6.07, 6.45) is 0. The standard InChI is InChI=1S/C20H21FN4O2S/c1-13(2)12-24-19(17-9-4-5-10-18(17)21)22-23-20(24)28-14(3)15-7-6-8-16(11-15)25(26)27/h4-11,13-14H,12H2,1-3H3. The minimum atomic E-state index is -0.404. The van der Waals surface area contributed by atoms with Crippen LogP contribution in [0, 0.1) is 21.8 Å². The monoisotopic (exact) mass is 400 g/mol. The number of halogens is 1. The van der Waals surface area contributed by atoms with Gasteiger partial charge >= 0.3 is 0 Å². The van der Waals surface area contributed by atoms with Gasteiger partial charge in [-0.25, -0.2) is 4.39 Å². The van der Waals surface area contributed by atoms with E-state index in [0.29, 0.717) is 29.0 Å². The molecule has 0 spiro atoms. The van der Waals surface area contributed by atoms with Crippen molar-refractivity contribution in [2.75, 3.05) is 0 Å². The molecule has 8 heteroatoms. The van der Waals surface area contributed by atoms with Gasteiger partial charge in [-0.1, -0.05) is 49.9 Å². The van der Waals surface area contributed by atoms with Crippen molar-refractivity contribution >= 4 is 17.4 Å². The molecule has 0 aliphatic carbocycles. The van der Waals surface area contributed by atoms with E-state index in [2.05, 4.69) is 24.0 Å². The smallest absolute Gasteiger partial charge is 0.269 e. The van der Waals surface area contributed by atoms with E-state index in [1.165, 1.54) is 23.9 Å². The average molecular weight is 400 g/mol. The molecule has 0 radical (unpaired) electrons. The van der Waals surface area contributed by atoms with Gasteiger partial charge in [-0.3, -0.25) is 10.1 Å². The molecule has 0 aliphatic heterocycles. The van der Waals surface area contributed by atoms with E-state index in [9.17, 15) is 14.5 Å². The van der Waals surface area contributed by atoms with Crippen LogP contribution in [0.3, 0.4) is 0 Å². The molecule has 0 amide bonds. The number of benzene rings is 2. The summed E-state index contributed by atoms with van der Waals surface area (Å²) >= 11 is 1.45. The number of non-ortho nitro benzene ring substituents is 1. The predicted molar refractivity (Wildman–Crippen MR) is 108 cm³/mol. The predicted octanol–water partition coefficient (Wildman–Crippen LogP) is 5.50. The van der Waals surface area contributed by atoms with Gasteiger partial charge in [-0.15, -0.1) is 10.2 Å². The van der Waals surface area contributed by atoms with E-state index in [-0.39, 0.29) is 16.8 Å². The Balaban J connectivity index is 1.95. The van der Waals surface area contributed by atoms with Crippen molar-refractivity contribution < 1.29 is 9.31 Å². The van der Waals surface area contributed by atoms with Crippen molar-refractivity contribution in [1.82, 2.24) is 14.8 Å². The van der Waals surface area contributed by atoms with E-state index in [1.807, 2.05) is 17.6 Å². The number of thioether (sulfide) groups is 1. The maximum Gasteiger partial charge on any atom is 0.269 e. The number of nitrogens with zero attached hydrogens (tertiary/aromatic N) is 4. The Kier molecular flexibility index (Phi) is 6.08. The van der Waals surface area contributed by atoms with Crippen molar-refractivity contribution in [3.05, 3.63) is 70.0 Å². The van der Waals surface area contributed by atoms with Crippen molar-refractivity contribution in [3.63, 3.8) is 0 Å². The highest BCUT2D eigenvalue weighted by atomic mass is 32.2. The summed E-state index contributed by atoms with van der Waals surface area (Å²) in [5.74, 6) is 0.456. The van der Waals surface area contributed by atoms with Gasteiger partial charge in [0.05, 0.1) is 10.5 Å². The molecule has 2 aromatic carbocycles. The van der Waals surface area contributed by atoms with Gasteiger partial charge in [-0.05, 0) is 30.5 Å². The lowest BCUT2D eigenvalue weighted by molar-refractivity contribution is -0.384. The van der Waals surface area contributed by atoms with Crippen LogP contribution in [-0.2, 0) is 6.54 Å². The molecule has 28 heavy (non-hydrogen) atoms. The van der Waals surface area contributed by atoms with Gasteiger partial charge in [0.1, 0.15) is 5.82 Å². The summed E-state index contributed by atoms with van der Waals surface area (Å²) in [6.45, 7) is 6.74. The third kappa shape index (κ3) is 4.39. The molecule has 0 N–H and O–H groups in total. The number of rotatable bonds is 7. The topological polar surface area (TPSA) is 73.8 Å². The molecule has 1 heterocycles. The SMILES string of the molecule is CC(C)Cn1c(SC(C)c2cccc([N+](=O)[O-])c2)nnc1-c1ccccc1F. The van der Waals surface area contributed by atoms with E-state index in [1.54, 1.807) is 30.3 Å². The van der Waals surface area contributed by atoms with Crippen LogP contribution in [-0.4, -0.2) is 19.7 Å². The highest BCUT2D eigenvalue weighted by Crippen LogP contribution is 2.37. The molecule has 0 fully saturated rings. The highest BCUT2D eigenvalue weighted by Gasteiger charge is 2.21. The minimum absolute atomic E-state index is 0.0562. The third-order valence-corrected chi connectivity index (χ3v) is 5.35. The van der Waals surface area contributed by atoms with Crippen LogP contribution >= 0.6 is 11.8 Å². The second kappa shape index (κ2) is 8.52. The van der Waals surface area contributed by atoms with Gasteiger partial charge in [-0.2, -0.15) is 0 Å². The molecule has 3 rings (SSSR count). The normalized spacial score (nSPS) is 12.3. The fourth-order valence-electron chi connectivity index (χ4n) is 2.86. The maximum absolute atomic E-state index is 14.3. The molecule has 0 aliphatic rings. The summed E-state index contributed by atoms with van der Waals surface area (Å²) < 4.78 is 16.2. The van der Waals surface area contributed by atoms with Crippen molar-refractivity contribution in [3.8, 4) is 11.4 Å². The Hall–Kier alpha value is -2.74. The van der Waals surface area contributed by atoms with Crippen LogP contribution in [0.2, 0.25) is 0 Å². The zero-order chi connectivity index (χ0) is 20.3. The van der Waals surface area contributed by atoms with Gasteiger partial charge in [0.2, 0.25) is 0 Å². The first kappa shape index (κ1) is 20.0. The largest absolute Gasteiger partial charge is 0.302 e. The summed E-state index contributed by atoms with van der Waals surface area (Å²) in [6, 6.07) is 13.1. The van der Waals surface area contributed by atoms with Crippen LogP contribution in [0.1, 0.15) is 31.6 Å². The zero-order valence-corrected chi connectivity index (χ0v) is 16.7. The maximum atomic E-state index is 14.3. The molecule has 1 unspecified atom stereocenters. The van der Waals surface area contributed by atoms with E-state index in [4.69, 9.17) is 0 Å². The second-order valence-corrected chi connectivity index (χ2v) is 8.21. The van der Waals surface area contributed by atoms with Crippen LogP contribution in [0.5, 0.6) is 0 Å². The van der Waals surface area contributed by atoms with E-state index >= 15 is 0 Å². The molecule has 1 aromatic heterocycles. The van der Waals surface area contributed by atoms with Crippen molar-refractivity contribution in [2.24, 2.45) is 5.92 Å². The minimum Gasteiger partial charge on any atom is -0.302 e. The van der Waals surface area contributed by atoms with Gasteiger partial charge in [0.25, 0.3) is 5.69 Å². The molecule has 0 saturated carbocycles. The Bertz CT molecular complexity index is 990. The first-order valence-electron chi connectivity index (χ1n) is 8.96. The summed E-state index contributed by atoms with van der Waals surface area (Å²) in [5.41, 5.74) is 1.29. The Labute approximate surface area is 167 Å². The molecule has 1 atom stereocenters. The quantitative estimate of drug-likeness (QED) is 0.297. The molecule has 6 nitrogen and oxygen atoms in total. The number of hydrogen-bond acceptors (Lipinski definition) is 5. The van der Waals surface area contributed by atoms with Gasteiger partial charge in [0, 0.05) is 23.9 Å². The molecule has 146 valence electrons. The van der Waals surface area contributed by atoms with Crippen LogP contribution in [0.4, 0.5) is 10.1 Å². The number of nitro benzene ring substituents is 1. The highest BCUT2D eigenvalue weighted by molar-refractivity contribution is 7.99. The number of aromatic nitrogens is 3. The van der Waals surface area contributed by atoms with Crippen LogP contribution < -0.4 is 0 Å². The van der Waals surface area contributed by atoms with Crippen molar-refractivity contribution in [1.29, 1.82) is 0 Å². The average Bonchev–Trinajstić information content (AvgIpc) is 3.03. The summed E-state index contributed by atoms with van der Waals surface area (Å²) in [7, 11) is 0. The van der Waals surface area contributed by atoms with Gasteiger partial charge in [0.15, 0.2) is 11.0 Å². The lowest BCUT2D eigenvalue weighted by Crippen LogP contribution is -2.09. The first-order valence-corrected chi connectivity index (χ1v) is 9.84. The first-order chi connectivity index (χ1) is 13.4. The lowest BCUT2D eigenvalue weighted by atomic mass is 10.1. The molecular weight excluding hydrogens is 379 g/mol. The van der Waals surface area contributed by atoms with Crippen LogP contribution in [0.15, 0.2) is 53.7 Å². The molecule has 0 bridgehead atoms. The molecule has 0 saturated heterocycles. The third-order valence-electron chi connectivity index (χ3n) is 4.21. The molecular formula is C20H21FN4O2S. The van der Waals surface area contributed by atoms with E-state index in [0.717, 1.165) is 5.56 Å². The number of nitro groups is 1. The van der Waals surface area contributed by atoms with Crippen molar-refractivity contribution in [2.45, 2.75) is 37.7 Å².